The van der Waals surface area contributed by atoms with Crippen LogP contribution in [-0.2, 0) is 4.79 Å². The van der Waals surface area contributed by atoms with Gasteiger partial charge in [-0.05, 0) is 31.5 Å². The van der Waals surface area contributed by atoms with Crippen molar-refractivity contribution in [3.05, 3.63) is 34.9 Å². The van der Waals surface area contributed by atoms with Crippen molar-refractivity contribution in [2.75, 3.05) is 13.7 Å². The molecule has 0 aliphatic carbocycles. The smallest absolute Gasteiger partial charge is 0.252 e. The summed E-state index contributed by atoms with van der Waals surface area (Å²) in [7, 11) is 1.52. The number of benzene rings is 1. The van der Waals surface area contributed by atoms with E-state index in [-0.39, 0.29) is 18.4 Å². The zero-order valence-electron chi connectivity index (χ0n) is 12.5. The van der Waals surface area contributed by atoms with Gasteiger partial charge >= 0.3 is 0 Å². The highest BCUT2D eigenvalue weighted by Gasteiger charge is 2.17. The van der Waals surface area contributed by atoms with Gasteiger partial charge in [0.05, 0.1) is 6.61 Å². The predicted octanol–water partition coefficient (Wildman–Crippen LogP) is 0.593. The molecule has 112 valence electrons. The molecule has 0 fully saturated rings. The maximum absolute atomic E-state index is 12.2. The summed E-state index contributed by atoms with van der Waals surface area (Å²) in [6.07, 6.45) is 0.392. The molecule has 0 aliphatic rings. The molecule has 1 aromatic carbocycles. The minimum Gasteiger partial charge on any atom is -0.395 e. The summed E-state index contributed by atoms with van der Waals surface area (Å²) in [6.45, 7) is 3.44. The fraction of sp³-hybridized carbons (Fsp3) is 0.375. The van der Waals surface area contributed by atoms with Crippen LogP contribution in [0, 0.1) is 18.8 Å². The van der Waals surface area contributed by atoms with Gasteiger partial charge in [-0.1, -0.05) is 17.9 Å². The number of aliphatic hydroxyl groups excluding tert-OH is 1. The summed E-state index contributed by atoms with van der Waals surface area (Å²) >= 11 is 0. The van der Waals surface area contributed by atoms with Crippen LogP contribution in [0.2, 0.25) is 0 Å². The number of rotatable bonds is 4. The molecule has 0 spiro atoms. The van der Waals surface area contributed by atoms with E-state index in [0.717, 1.165) is 11.1 Å². The number of likely N-dealkylation sites (N-methyl/N-ethyl adjacent to an activating group) is 1. The van der Waals surface area contributed by atoms with E-state index < -0.39 is 6.04 Å². The van der Waals surface area contributed by atoms with Gasteiger partial charge in [0, 0.05) is 24.6 Å². The van der Waals surface area contributed by atoms with Gasteiger partial charge in [0.15, 0.2) is 0 Å². The Balaban J connectivity index is 2.94. The summed E-state index contributed by atoms with van der Waals surface area (Å²) in [5.74, 6) is 5.20. The largest absolute Gasteiger partial charge is 0.395 e. The van der Waals surface area contributed by atoms with Crippen molar-refractivity contribution in [3.63, 3.8) is 0 Å². The van der Waals surface area contributed by atoms with Crippen LogP contribution in [0.15, 0.2) is 18.2 Å². The molecule has 1 rings (SSSR count). The van der Waals surface area contributed by atoms with Crippen molar-refractivity contribution in [1.82, 2.24) is 10.6 Å². The number of amides is 2. The van der Waals surface area contributed by atoms with Gasteiger partial charge in [0.25, 0.3) is 5.91 Å². The number of carbonyl (C=O) groups excluding carboxylic acids is 2. The van der Waals surface area contributed by atoms with Crippen molar-refractivity contribution >= 4 is 11.8 Å². The summed E-state index contributed by atoms with van der Waals surface area (Å²) in [5.41, 5.74) is 1.98. The summed E-state index contributed by atoms with van der Waals surface area (Å²) in [6, 6.07) is 4.65. The van der Waals surface area contributed by atoms with Crippen molar-refractivity contribution in [3.8, 4) is 11.8 Å². The van der Waals surface area contributed by atoms with Gasteiger partial charge in [-0.3, -0.25) is 9.59 Å². The highest BCUT2D eigenvalue weighted by Crippen LogP contribution is 2.13. The van der Waals surface area contributed by atoms with Crippen LogP contribution >= 0.6 is 0 Å². The minimum absolute atomic E-state index is 0.00979. The second kappa shape index (κ2) is 8.08. The second-order valence-corrected chi connectivity index (χ2v) is 4.56. The second-order valence-electron chi connectivity index (χ2n) is 4.56. The van der Waals surface area contributed by atoms with Crippen LogP contribution in [0.4, 0.5) is 0 Å². The molecular formula is C16H20N2O3. The van der Waals surface area contributed by atoms with E-state index in [1.807, 2.05) is 13.0 Å². The molecule has 0 saturated carbocycles. The van der Waals surface area contributed by atoms with E-state index in [0.29, 0.717) is 12.0 Å². The molecule has 2 amide bonds. The third-order valence-corrected chi connectivity index (χ3v) is 3.03. The van der Waals surface area contributed by atoms with E-state index in [1.54, 1.807) is 19.1 Å². The third-order valence-electron chi connectivity index (χ3n) is 3.03. The van der Waals surface area contributed by atoms with Crippen molar-refractivity contribution < 1.29 is 14.7 Å². The highest BCUT2D eigenvalue weighted by atomic mass is 16.2. The van der Waals surface area contributed by atoms with Crippen LogP contribution < -0.4 is 10.6 Å². The first-order valence-corrected chi connectivity index (χ1v) is 6.73. The van der Waals surface area contributed by atoms with E-state index >= 15 is 0 Å². The topological polar surface area (TPSA) is 78.4 Å². The minimum atomic E-state index is -0.606. The van der Waals surface area contributed by atoms with Crippen LogP contribution in [0.1, 0.15) is 34.8 Å². The SMILES string of the molecule is CNC(=O)C(C)NC(=O)c1cccc(C#CCCO)c1C. The number of carbonyl (C=O) groups is 2. The molecular weight excluding hydrogens is 268 g/mol. The molecule has 5 nitrogen and oxygen atoms in total. The van der Waals surface area contributed by atoms with E-state index in [2.05, 4.69) is 22.5 Å². The van der Waals surface area contributed by atoms with E-state index in [1.165, 1.54) is 7.05 Å². The maximum Gasteiger partial charge on any atom is 0.252 e. The zero-order valence-corrected chi connectivity index (χ0v) is 12.5. The molecule has 0 bridgehead atoms. The lowest BCUT2D eigenvalue weighted by molar-refractivity contribution is -0.122. The number of aliphatic hydroxyl groups is 1. The Bertz CT molecular complexity index is 585. The fourth-order valence-corrected chi connectivity index (χ4v) is 1.79. The number of hydrogen-bond acceptors (Lipinski definition) is 3. The van der Waals surface area contributed by atoms with Gasteiger partial charge in [-0.25, -0.2) is 0 Å². The zero-order chi connectivity index (χ0) is 15.8. The van der Waals surface area contributed by atoms with E-state index in [9.17, 15) is 9.59 Å². The number of nitrogens with one attached hydrogen (secondary N) is 2. The Kier molecular flexibility index (Phi) is 6.44. The average molecular weight is 288 g/mol. The van der Waals surface area contributed by atoms with E-state index in [4.69, 9.17) is 5.11 Å². The Hall–Kier alpha value is -2.32. The first-order valence-electron chi connectivity index (χ1n) is 6.73. The summed E-state index contributed by atoms with van der Waals surface area (Å²) in [5, 5.41) is 13.9. The molecule has 1 atom stereocenters. The molecule has 3 N–H and O–H groups in total. The van der Waals surface area contributed by atoms with Gasteiger partial charge in [0.1, 0.15) is 6.04 Å². The molecule has 0 saturated heterocycles. The van der Waals surface area contributed by atoms with Crippen LogP contribution in [-0.4, -0.2) is 36.6 Å². The lowest BCUT2D eigenvalue weighted by Gasteiger charge is -2.14. The van der Waals surface area contributed by atoms with Crippen molar-refractivity contribution in [2.24, 2.45) is 0 Å². The molecule has 0 radical (unpaired) electrons. The quantitative estimate of drug-likeness (QED) is 0.710. The highest BCUT2D eigenvalue weighted by molar-refractivity contribution is 5.98. The average Bonchev–Trinajstić information content (AvgIpc) is 2.48. The Morgan fingerprint density at radius 2 is 2.10 bits per heavy atom. The van der Waals surface area contributed by atoms with Crippen LogP contribution in [0.25, 0.3) is 0 Å². The normalized spacial score (nSPS) is 11.0. The molecule has 1 aromatic rings. The standard InChI is InChI=1S/C16H20N2O3/c1-11-13(7-4-5-10-19)8-6-9-14(11)16(21)18-12(2)15(20)17-3/h6,8-9,12,19H,5,10H2,1-3H3,(H,17,20)(H,18,21). The predicted molar refractivity (Wildman–Crippen MR) is 80.8 cm³/mol. The first kappa shape index (κ1) is 16.7. The monoisotopic (exact) mass is 288 g/mol. The molecule has 5 heteroatoms. The summed E-state index contributed by atoms with van der Waals surface area (Å²) in [4.78, 5) is 23.6. The molecule has 0 aliphatic heterocycles. The molecule has 0 aromatic heterocycles. The van der Waals surface area contributed by atoms with Gasteiger partial charge in [0.2, 0.25) is 5.91 Å². The first-order chi connectivity index (χ1) is 10.0. The maximum atomic E-state index is 12.2. The van der Waals surface area contributed by atoms with Crippen molar-refractivity contribution in [2.45, 2.75) is 26.3 Å². The molecule has 21 heavy (non-hydrogen) atoms. The Labute approximate surface area is 124 Å². The van der Waals surface area contributed by atoms with Gasteiger partial charge in [-0.2, -0.15) is 0 Å². The third kappa shape index (κ3) is 4.62. The van der Waals surface area contributed by atoms with Crippen LogP contribution in [0.3, 0.4) is 0 Å². The Morgan fingerprint density at radius 1 is 1.38 bits per heavy atom. The number of hydrogen-bond donors (Lipinski definition) is 3. The lowest BCUT2D eigenvalue weighted by atomic mass is 10.0. The summed E-state index contributed by atoms with van der Waals surface area (Å²) < 4.78 is 0. The van der Waals surface area contributed by atoms with Crippen LogP contribution in [0.5, 0.6) is 0 Å². The Morgan fingerprint density at radius 3 is 2.71 bits per heavy atom. The lowest BCUT2D eigenvalue weighted by Crippen LogP contribution is -2.43. The molecule has 0 heterocycles. The van der Waals surface area contributed by atoms with Crippen molar-refractivity contribution in [1.29, 1.82) is 0 Å². The fourth-order valence-electron chi connectivity index (χ4n) is 1.79. The molecule has 1 unspecified atom stereocenters. The van der Waals surface area contributed by atoms with Gasteiger partial charge in [-0.15, -0.1) is 0 Å². The van der Waals surface area contributed by atoms with Gasteiger partial charge < -0.3 is 15.7 Å².